The summed E-state index contributed by atoms with van der Waals surface area (Å²) in [6.07, 6.45) is -4.02. The lowest BCUT2D eigenvalue weighted by Gasteiger charge is -2.34. The molecule has 0 aliphatic heterocycles. The van der Waals surface area contributed by atoms with Gasteiger partial charge >= 0.3 is 6.18 Å². The van der Waals surface area contributed by atoms with Gasteiger partial charge in [0.25, 0.3) is 10.0 Å². The van der Waals surface area contributed by atoms with Crippen LogP contribution in [-0.2, 0) is 32.3 Å². The normalized spacial score (nSPS) is 13.2. The molecule has 0 fully saturated rings. The number of alkyl halides is 3. The number of carbonyl (C=O) groups excluding carboxylic acids is 2. The highest BCUT2D eigenvalue weighted by molar-refractivity contribution is 7.92. The van der Waals surface area contributed by atoms with Gasteiger partial charge in [-0.3, -0.25) is 13.9 Å². The van der Waals surface area contributed by atoms with E-state index in [9.17, 15) is 31.2 Å². The van der Waals surface area contributed by atoms with Crippen molar-refractivity contribution < 1.29 is 31.2 Å². The van der Waals surface area contributed by atoms with Crippen molar-refractivity contribution in [3.05, 3.63) is 94.0 Å². The van der Waals surface area contributed by atoms with Gasteiger partial charge in [0, 0.05) is 12.6 Å². The molecule has 1 N–H and O–H groups in total. The molecule has 0 saturated heterocycles. The molecule has 2 amide bonds. The summed E-state index contributed by atoms with van der Waals surface area (Å²) < 4.78 is 70.1. The van der Waals surface area contributed by atoms with Crippen molar-refractivity contribution in [2.75, 3.05) is 10.8 Å². The lowest BCUT2D eigenvalue weighted by molar-refractivity contribution is -0.140. The van der Waals surface area contributed by atoms with Crippen LogP contribution in [-0.4, -0.2) is 43.8 Å². The van der Waals surface area contributed by atoms with Crippen LogP contribution in [0.5, 0.6) is 0 Å². The quantitative estimate of drug-likeness (QED) is 0.231. The lowest BCUT2D eigenvalue weighted by atomic mass is 10.1. The molecule has 0 heterocycles. The highest BCUT2D eigenvalue weighted by atomic mass is 35.5. The molecule has 3 aromatic carbocycles. The van der Waals surface area contributed by atoms with E-state index < -0.39 is 56.9 Å². The third-order valence-corrected chi connectivity index (χ3v) is 9.54. The summed E-state index contributed by atoms with van der Waals surface area (Å²) in [6.45, 7) is 8.17. The third-order valence-electron chi connectivity index (χ3n) is 7.42. The SMILES string of the molecule is CCC(C)NC(=O)C(CC)N(Cc1ccccc1C)C(=O)CN(c1ccc(Cl)c(C(F)(F)F)c1)S(=O)(=O)c1ccc(C)cc1. The molecule has 12 heteroatoms. The highest BCUT2D eigenvalue weighted by Gasteiger charge is 2.37. The number of anilines is 1. The van der Waals surface area contributed by atoms with Crippen molar-refractivity contribution in [2.45, 2.75) is 77.2 Å². The number of rotatable bonds is 12. The average molecular weight is 652 g/mol. The Hall–Kier alpha value is -3.57. The van der Waals surface area contributed by atoms with Crippen LogP contribution in [0.1, 0.15) is 55.9 Å². The predicted octanol–water partition coefficient (Wildman–Crippen LogP) is 6.89. The van der Waals surface area contributed by atoms with Gasteiger partial charge in [-0.15, -0.1) is 0 Å². The highest BCUT2D eigenvalue weighted by Crippen LogP contribution is 2.38. The lowest BCUT2D eigenvalue weighted by Crippen LogP contribution is -2.53. The number of hydrogen-bond donors (Lipinski definition) is 1. The molecule has 238 valence electrons. The van der Waals surface area contributed by atoms with E-state index in [2.05, 4.69) is 5.32 Å². The fraction of sp³-hybridized carbons (Fsp3) is 0.375. The molecular formula is C32H37ClF3N3O4S. The van der Waals surface area contributed by atoms with Crippen molar-refractivity contribution in [3.8, 4) is 0 Å². The maximum Gasteiger partial charge on any atom is 0.417 e. The fourth-order valence-corrected chi connectivity index (χ4v) is 6.21. The van der Waals surface area contributed by atoms with E-state index in [0.717, 1.165) is 28.8 Å². The zero-order valence-electron chi connectivity index (χ0n) is 25.3. The average Bonchev–Trinajstić information content (AvgIpc) is 2.96. The summed E-state index contributed by atoms with van der Waals surface area (Å²) in [4.78, 5) is 28.6. The fourth-order valence-electron chi connectivity index (χ4n) is 4.58. The molecule has 0 aromatic heterocycles. The first-order chi connectivity index (χ1) is 20.6. The van der Waals surface area contributed by atoms with Crippen LogP contribution in [0, 0.1) is 13.8 Å². The Kier molecular flexibility index (Phi) is 11.5. The van der Waals surface area contributed by atoms with Gasteiger partial charge in [-0.05, 0) is 75.1 Å². The Morgan fingerprint density at radius 1 is 0.955 bits per heavy atom. The van der Waals surface area contributed by atoms with Gasteiger partial charge in [0.05, 0.1) is 21.2 Å². The maximum absolute atomic E-state index is 14.2. The molecule has 0 radical (unpaired) electrons. The number of nitrogens with zero attached hydrogens (tertiary/aromatic N) is 2. The second kappa shape index (κ2) is 14.5. The number of sulfonamides is 1. The van der Waals surface area contributed by atoms with Gasteiger partial charge in [-0.1, -0.05) is 67.4 Å². The summed E-state index contributed by atoms with van der Waals surface area (Å²) in [7, 11) is -4.56. The topological polar surface area (TPSA) is 86.8 Å². The van der Waals surface area contributed by atoms with Gasteiger partial charge in [0.15, 0.2) is 0 Å². The predicted molar refractivity (Wildman–Crippen MR) is 166 cm³/mol. The summed E-state index contributed by atoms with van der Waals surface area (Å²) in [5.41, 5.74) is 0.696. The van der Waals surface area contributed by atoms with Crippen LogP contribution in [0.4, 0.5) is 18.9 Å². The minimum Gasteiger partial charge on any atom is -0.352 e. The Morgan fingerprint density at radius 2 is 1.59 bits per heavy atom. The number of halogens is 4. The molecular weight excluding hydrogens is 615 g/mol. The van der Waals surface area contributed by atoms with Crippen LogP contribution in [0.2, 0.25) is 5.02 Å². The Labute approximate surface area is 262 Å². The van der Waals surface area contributed by atoms with Crippen LogP contribution >= 0.6 is 11.6 Å². The molecule has 7 nitrogen and oxygen atoms in total. The molecule has 0 spiro atoms. The molecule has 2 atom stereocenters. The van der Waals surface area contributed by atoms with E-state index in [1.54, 1.807) is 38.1 Å². The first-order valence-electron chi connectivity index (χ1n) is 14.2. The van der Waals surface area contributed by atoms with Gasteiger partial charge in [-0.2, -0.15) is 13.2 Å². The Morgan fingerprint density at radius 3 is 2.16 bits per heavy atom. The van der Waals surface area contributed by atoms with Gasteiger partial charge < -0.3 is 10.2 Å². The van der Waals surface area contributed by atoms with Crippen molar-refractivity contribution >= 4 is 39.1 Å². The second-order valence-electron chi connectivity index (χ2n) is 10.7. The van der Waals surface area contributed by atoms with Gasteiger partial charge in [0.2, 0.25) is 11.8 Å². The van der Waals surface area contributed by atoms with Crippen LogP contribution in [0.3, 0.4) is 0 Å². The van der Waals surface area contributed by atoms with Gasteiger partial charge in [0.1, 0.15) is 12.6 Å². The zero-order chi connectivity index (χ0) is 32.8. The smallest absolute Gasteiger partial charge is 0.352 e. The van der Waals surface area contributed by atoms with E-state index in [0.29, 0.717) is 16.8 Å². The van der Waals surface area contributed by atoms with E-state index in [4.69, 9.17) is 11.6 Å². The van der Waals surface area contributed by atoms with E-state index in [1.807, 2.05) is 32.9 Å². The monoisotopic (exact) mass is 651 g/mol. The molecule has 0 saturated carbocycles. The minimum atomic E-state index is -4.88. The Balaban J connectivity index is 2.16. The number of aryl methyl sites for hydroxylation is 2. The number of benzene rings is 3. The van der Waals surface area contributed by atoms with Crippen molar-refractivity contribution in [1.82, 2.24) is 10.2 Å². The van der Waals surface area contributed by atoms with E-state index in [1.165, 1.54) is 17.0 Å². The zero-order valence-corrected chi connectivity index (χ0v) is 26.9. The maximum atomic E-state index is 14.2. The van der Waals surface area contributed by atoms with Crippen molar-refractivity contribution in [2.24, 2.45) is 0 Å². The molecule has 3 rings (SSSR count). The van der Waals surface area contributed by atoms with Crippen molar-refractivity contribution in [3.63, 3.8) is 0 Å². The van der Waals surface area contributed by atoms with Crippen molar-refractivity contribution in [1.29, 1.82) is 0 Å². The summed E-state index contributed by atoms with van der Waals surface area (Å²) in [5.74, 6) is -1.18. The minimum absolute atomic E-state index is 0.0230. The van der Waals surface area contributed by atoms with Crippen LogP contribution < -0.4 is 9.62 Å². The molecule has 0 aliphatic carbocycles. The number of carbonyl (C=O) groups is 2. The number of hydrogen-bond acceptors (Lipinski definition) is 4. The standard InChI is InChI=1S/C32H37ClF3N3O4S/c1-6-23(5)37-31(41)29(7-2)38(19-24-11-9-8-10-22(24)4)30(40)20-39(44(42,43)26-15-12-21(3)13-16-26)25-14-17-28(33)27(18-25)32(34,35)36/h8-18,23,29H,6-7,19-20H2,1-5H3,(H,37,41). The number of nitrogens with one attached hydrogen (secondary N) is 1. The summed E-state index contributed by atoms with van der Waals surface area (Å²) in [6, 6.07) is 14.5. The van der Waals surface area contributed by atoms with Gasteiger partial charge in [-0.25, -0.2) is 8.42 Å². The molecule has 44 heavy (non-hydrogen) atoms. The summed E-state index contributed by atoms with van der Waals surface area (Å²) in [5, 5.41) is 2.27. The second-order valence-corrected chi connectivity index (χ2v) is 12.9. The van der Waals surface area contributed by atoms with Crippen LogP contribution in [0.15, 0.2) is 71.6 Å². The first kappa shape index (κ1) is 34.9. The molecule has 0 aliphatic rings. The molecule has 0 bridgehead atoms. The van der Waals surface area contributed by atoms with E-state index in [-0.39, 0.29) is 23.9 Å². The largest absolute Gasteiger partial charge is 0.417 e. The number of amides is 2. The van der Waals surface area contributed by atoms with E-state index >= 15 is 0 Å². The molecule has 2 unspecified atom stereocenters. The molecule has 3 aromatic rings. The summed E-state index contributed by atoms with van der Waals surface area (Å²) >= 11 is 5.84. The first-order valence-corrected chi connectivity index (χ1v) is 16.0. The third kappa shape index (κ3) is 8.32. The van der Waals surface area contributed by atoms with Crippen LogP contribution in [0.25, 0.3) is 0 Å². The Bertz CT molecular complexity index is 1580.